The zero-order valence-corrected chi connectivity index (χ0v) is 10.2. The van der Waals surface area contributed by atoms with Crippen molar-refractivity contribution in [3.8, 4) is 11.3 Å². The molecule has 0 saturated heterocycles. The van der Waals surface area contributed by atoms with Gasteiger partial charge < -0.3 is 9.67 Å². The van der Waals surface area contributed by atoms with E-state index in [9.17, 15) is 4.79 Å². The number of carbonyl (C=O) groups is 1. The summed E-state index contributed by atoms with van der Waals surface area (Å²) >= 11 is 3.39. The molecule has 0 amide bonds. The molecular formula is C12H10BrNO2. The van der Waals surface area contributed by atoms with Crippen LogP contribution in [0.15, 0.2) is 40.9 Å². The molecule has 1 N–H and O–H groups in total. The van der Waals surface area contributed by atoms with Gasteiger partial charge in [-0.05, 0) is 29.8 Å². The average molecular weight is 280 g/mol. The molecule has 0 radical (unpaired) electrons. The molecule has 0 aliphatic heterocycles. The smallest absolute Gasteiger partial charge is 0.352 e. The van der Waals surface area contributed by atoms with Crippen LogP contribution in [0.4, 0.5) is 0 Å². The SMILES string of the molecule is Cn1c(C(=O)O)ccc1-c1cccc(Br)c1. The van der Waals surface area contributed by atoms with E-state index in [4.69, 9.17) is 5.11 Å². The van der Waals surface area contributed by atoms with Gasteiger partial charge in [-0.25, -0.2) is 4.79 Å². The number of rotatable bonds is 2. The fourth-order valence-electron chi connectivity index (χ4n) is 1.66. The number of hydrogen-bond donors (Lipinski definition) is 1. The Balaban J connectivity index is 2.53. The van der Waals surface area contributed by atoms with E-state index in [-0.39, 0.29) is 5.69 Å². The highest BCUT2D eigenvalue weighted by atomic mass is 79.9. The highest BCUT2D eigenvalue weighted by Gasteiger charge is 2.11. The van der Waals surface area contributed by atoms with Crippen molar-refractivity contribution in [1.29, 1.82) is 0 Å². The number of aromatic nitrogens is 1. The van der Waals surface area contributed by atoms with Crippen LogP contribution < -0.4 is 0 Å². The van der Waals surface area contributed by atoms with E-state index >= 15 is 0 Å². The first kappa shape index (κ1) is 11.0. The van der Waals surface area contributed by atoms with Crippen LogP contribution in [0.1, 0.15) is 10.5 Å². The minimum absolute atomic E-state index is 0.287. The summed E-state index contributed by atoms with van der Waals surface area (Å²) in [4.78, 5) is 10.9. The highest BCUT2D eigenvalue weighted by Crippen LogP contribution is 2.24. The Hall–Kier alpha value is -1.55. The molecule has 2 rings (SSSR count). The first-order valence-corrected chi connectivity index (χ1v) is 5.54. The first-order valence-electron chi connectivity index (χ1n) is 4.74. The maximum atomic E-state index is 10.9. The average Bonchev–Trinajstić information content (AvgIpc) is 2.60. The number of carboxylic acid groups (broad SMARTS) is 1. The topological polar surface area (TPSA) is 42.2 Å². The third-order valence-corrected chi connectivity index (χ3v) is 2.95. The van der Waals surface area contributed by atoms with E-state index in [1.165, 1.54) is 0 Å². The lowest BCUT2D eigenvalue weighted by Crippen LogP contribution is -2.04. The van der Waals surface area contributed by atoms with Gasteiger partial charge in [-0.3, -0.25) is 0 Å². The summed E-state index contributed by atoms with van der Waals surface area (Å²) in [5, 5.41) is 8.95. The van der Waals surface area contributed by atoms with Crippen molar-refractivity contribution in [3.05, 3.63) is 46.6 Å². The molecule has 0 fully saturated rings. The minimum atomic E-state index is -0.913. The third-order valence-electron chi connectivity index (χ3n) is 2.46. The standard InChI is InChI=1S/C12H10BrNO2/c1-14-10(5-6-11(14)12(15)16)8-3-2-4-9(13)7-8/h2-7H,1H3,(H,15,16). The van der Waals surface area contributed by atoms with Crippen molar-refractivity contribution in [3.63, 3.8) is 0 Å². The van der Waals surface area contributed by atoms with Crippen LogP contribution in [0.5, 0.6) is 0 Å². The van der Waals surface area contributed by atoms with E-state index in [0.717, 1.165) is 15.7 Å². The third kappa shape index (κ3) is 1.88. The Labute approximate surface area is 101 Å². The van der Waals surface area contributed by atoms with Crippen molar-refractivity contribution >= 4 is 21.9 Å². The van der Waals surface area contributed by atoms with Crippen LogP contribution in [0.25, 0.3) is 11.3 Å². The van der Waals surface area contributed by atoms with Crippen LogP contribution >= 0.6 is 15.9 Å². The molecule has 16 heavy (non-hydrogen) atoms. The molecule has 0 unspecified atom stereocenters. The largest absolute Gasteiger partial charge is 0.477 e. The second-order valence-electron chi connectivity index (χ2n) is 3.48. The van der Waals surface area contributed by atoms with Gasteiger partial charge in [0.05, 0.1) is 0 Å². The molecule has 0 atom stereocenters. The maximum Gasteiger partial charge on any atom is 0.352 e. The Morgan fingerprint density at radius 1 is 1.31 bits per heavy atom. The van der Waals surface area contributed by atoms with Crippen LogP contribution in [0.3, 0.4) is 0 Å². The summed E-state index contributed by atoms with van der Waals surface area (Å²) in [5.74, 6) is -0.913. The van der Waals surface area contributed by atoms with E-state index in [1.54, 1.807) is 17.7 Å². The van der Waals surface area contributed by atoms with Gasteiger partial charge in [-0.15, -0.1) is 0 Å². The molecule has 0 bridgehead atoms. The number of aromatic carboxylic acids is 1. The van der Waals surface area contributed by atoms with Gasteiger partial charge in [0.25, 0.3) is 0 Å². The zero-order valence-electron chi connectivity index (χ0n) is 8.64. The molecule has 82 valence electrons. The summed E-state index contributed by atoms with van der Waals surface area (Å²) in [5.41, 5.74) is 2.16. The molecule has 0 spiro atoms. The molecule has 0 saturated carbocycles. The van der Waals surface area contributed by atoms with Crippen LogP contribution in [0, 0.1) is 0 Å². The van der Waals surface area contributed by atoms with Gasteiger partial charge in [-0.1, -0.05) is 28.1 Å². The summed E-state index contributed by atoms with van der Waals surface area (Å²) in [6.07, 6.45) is 0. The second kappa shape index (κ2) is 4.14. The normalized spacial score (nSPS) is 10.4. The monoisotopic (exact) mass is 279 g/mol. The fraction of sp³-hybridized carbons (Fsp3) is 0.0833. The van der Waals surface area contributed by atoms with Crippen molar-refractivity contribution in [2.24, 2.45) is 7.05 Å². The van der Waals surface area contributed by atoms with Crippen LogP contribution in [0.2, 0.25) is 0 Å². The molecule has 3 nitrogen and oxygen atoms in total. The van der Waals surface area contributed by atoms with Gasteiger partial charge in [-0.2, -0.15) is 0 Å². The lowest BCUT2D eigenvalue weighted by atomic mass is 10.1. The summed E-state index contributed by atoms with van der Waals surface area (Å²) in [6.45, 7) is 0. The highest BCUT2D eigenvalue weighted by molar-refractivity contribution is 9.10. The van der Waals surface area contributed by atoms with Crippen LogP contribution in [-0.2, 0) is 7.05 Å². The quantitative estimate of drug-likeness (QED) is 0.918. The Morgan fingerprint density at radius 3 is 2.62 bits per heavy atom. The first-order chi connectivity index (χ1) is 7.59. The number of nitrogens with zero attached hydrogens (tertiary/aromatic N) is 1. The predicted molar refractivity (Wildman–Crippen MR) is 65.5 cm³/mol. The van der Waals surface area contributed by atoms with Crippen molar-refractivity contribution < 1.29 is 9.90 Å². The Bertz CT molecular complexity index is 546. The number of hydrogen-bond acceptors (Lipinski definition) is 1. The van der Waals surface area contributed by atoms with E-state index in [2.05, 4.69) is 15.9 Å². The molecule has 1 aromatic carbocycles. The molecule has 0 aliphatic carbocycles. The van der Waals surface area contributed by atoms with Crippen LogP contribution in [-0.4, -0.2) is 15.6 Å². The molecule has 4 heteroatoms. The molecular weight excluding hydrogens is 270 g/mol. The van der Waals surface area contributed by atoms with Gasteiger partial charge >= 0.3 is 5.97 Å². The number of carboxylic acids is 1. The van der Waals surface area contributed by atoms with Crippen molar-refractivity contribution in [2.45, 2.75) is 0 Å². The zero-order chi connectivity index (χ0) is 11.7. The van der Waals surface area contributed by atoms with E-state index in [1.807, 2.05) is 30.3 Å². The van der Waals surface area contributed by atoms with Gasteiger partial charge in [0.15, 0.2) is 0 Å². The van der Waals surface area contributed by atoms with Crippen molar-refractivity contribution in [2.75, 3.05) is 0 Å². The summed E-state index contributed by atoms with van der Waals surface area (Å²) < 4.78 is 2.65. The predicted octanol–water partition coefficient (Wildman–Crippen LogP) is 3.15. The van der Waals surface area contributed by atoms with Gasteiger partial charge in [0, 0.05) is 17.2 Å². The molecule has 1 heterocycles. The van der Waals surface area contributed by atoms with E-state index in [0.29, 0.717) is 0 Å². The molecule has 1 aromatic heterocycles. The van der Waals surface area contributed by atoms with Gasteiger partial charge in [0.2, 0.25) is 0 Å². The Morgan fingerprint density at radius 2 is 2.06 bits per heavy atom. The molecule has 0 aliphatic rings. The minimum Gasteiger partial charge on any atom is -0.477 e. The number of benzene rings is 1. The summed E-state index contributed by atoms with van der Waals surface area (Å²) in [7, 11) is 1.75. The van der Waals surface area contributed by atoms with E-state index < -0.39 is 5.97 Å². The fourth-order valence-corrected chi connectivity index (χ4v) is 2.06. The number of halogens is 1. The molecule has 2 aromatic rings. The lowest BCUT2D eigenvalue weighted by molar-refractivity contribution is 0.0687. The second-order valence-corrected chi connectivity index (χ2v) is 4.39. The maximum absolute atomic E-state index is 10.9. The Kier molecular flexibility index (Phi) is 2.83. The van der Waals surface area contributed by atoms with Crippen molar-refractivity contribution in [1.82, 2.24) is 4.57 Å². The summed E-state index contributed by atoms with van der Waals surface area (Å²) in [6, 6.07) is 11.2. The lowest BCUT2D eigenvalue weighted by Gasteiger charge is -2.05. The van der Waals surface area contributed by atoms with Gasteiger partial charge in [0.1, 0.15) is 5.69 Å².